The highest BCUT2D eigenvalue weighted by molar-refractivity contribution is 7.20. The topological polar surface area (TPSA) is 17.8 Å². The number of fused-ring (bicyclic) bond motifs is 3. The summed E-state index contributed by atoms with van der Waals surface area (Å²) < 4.78 is 2.37. The fourth-order valence-electron chi connectivity index (χ4n) is 6.87. The van der Waals surface area contributed by atoms with E-state index in [1.165, 1.54) is 48.2 Å². The number of hydrogen-bond acceptors (Lipinski definition) is 1. The van der Waals surface area contributed by atoms with Gasteiger partial charge in [0.1, 0.15) is 0 Å². The fraction of sp³-hybridized carbons (Fsp3) is 0. The SMILES string of the molecule is c1ccc(-c2ccc([Si](c3ccccc3)(c3ccccc3)c3ccc4c5ccncc5n(-c5ccccc5)c4c3)cc2)cc1. The van der Waals surface area contributed by atoms with Crippen LogP contribution in [0.15, 0.2) is 182 Å². The van der Waals surface area contributed by atoms with Gasteiger partial charge in [0.05, 0.1) is 17.2 Å². The van der Waals surface area contributed by atoms with E-state index in [9.17, 15) is 0 Å². The monoisotopic (exact) mass is 578 g/mol. The Hall–Kier alpha value is -5.51. The fourth-order valence-corrected chi connectivity index (χ4v) is 11.6. The number of pyridine rings is 1. The van der Waals surface area contributed by atoms with Gasteiger partial charge in [0.2, 0.25) is 0 Å². The van der Waals surface area contributed by atoms with Crippen LogP contribution < -0.4 is 20.7 Å². The van der Waals surface area contributed by atoms with E-state index < -0.39 is 8.07 Å². The van der Waals surface area contributed by atoms with E-state index in [2.05, 4.69) is 179 Å². The molecule has 0 radical (unpaired) electrons. The van der Waals surface area contributed by atoms with Crippen molar-refractivity contribution in [3.05, 3.63) is 182 Å². The van der Waals surface area contributed by atoms with Crippen LogP contribution >= 0.6 is 0 Å². The van der Waals surface area contributed by atoms with Crippen LogP contribution in [0, 0.1) is 0 Å². The Morgan fingerprint density at radius 2 is 0.909 bits per heavy atom. The normalized spacial score (nSPS) is 11.6. The van der Waals surface area contributed by atoms with Gasteiger partial charge in [0, 0.05) is 22.7 Å². The third kappa shape index (κ3) is 4.21. The maximum atomic E-state index is 4.53. The molecule has 0 aliphatic rings. The average Bonchev–Trinajstić information content (AvgIpc) is 3.44. The summed E-state index contributed by atoms with van der Waals surface area (Å²) >= 11 is 0. The van der Waals surface area contributed by atoms with Crippen LogP contribution in [0.1, 0.15) is 0 Å². The second-order valence-corrected chi connectivity index (χ2v) is 15.0. The van der Waals surface area contributed by atoms with Crippen molar-refractivity contribution in [2.75, 3.05) is 0 Å². The van der Waals surface area contributed by atoms with Crippen LogP contribution in [0.3, 0.4) is 0 Å². The molecule has 0 bridgehead atoms. The zero-order chi connectivity index (χ0) is 29.3. The summed E-state index contributed by atoms with van der Waals surface area (Å²) in [5.41, 5.74) is 5.90. The highest BCUT2D eigenvalue weighted by Crippen LogP contribution is 2.31. The summed E-state index contributed by atoms with van der Waals surface area (Å²) in [6, 6.07) is 62.2. The van der Waals surface area contributed by atoms with Gasteiger partial charge in [-0.15, -0.1) is 0 Å². The summed E-state index contributed by atoms with van der Waals surface area (Å²) in [4.78, 5) is 4.53. The van der Waals surface area contributed by atoms with E-state index in [1.807, 2.05) is 12.4 Å². The molecule has 8 aromatic rings. The first-order valence-corrected chi connectivity index (χ1v) is 17.1. The summed E-state index contributed by atoms with van der Waals surface area (Å²) in [6.07, 6.45) is 3.88. The van der Waals surface area contributed by atoms with Gasteiger partial charge in [-0.1, -0.05) is 146 Å². The summed E-state index contributed by atoms with van der Waals surface area (Å²) in [5.74, 6) is 0. The Kier molecular flexibility index (Phi) is 6.51. The summed E-state index contributed by atoms with van der Waals surface area (Å²) in [6.45, 7) is 0. The van der Waals surface area contributed by atoms with E-state index in [0.717, 1.165) is 11.2 Å². The molecule has 0 saturated heterocycles. The lowest BCUT2D eigenvalue weighted by Gasteiger charge is -2.34. The molecule has 6 aromatic carbocycles. The Balaban J connectivity index is 1.46. The lowest BCUT2D eigenvalue weighted by atomic mass is 10.1. The van der Waals surface area contributed by atoms with Gasteiger partial charge >= 0.3 is 0 Å². The predicted molar refractivity (Wildman–Crippen MR) is 188 cm³/mol. The highest BCUT2D eigenvalue weighted by Gasteiger charge is 2.41. The van der Waals surface area contributed by atoms with Crippen molar-refractivity contribution in [3.8, 4) is 16.8 Å². The Morgan fingerprint density at radius 1 is 0.409 bits per heavy atom. The highest BCUT2D eigenvalue weighted by atomic mass is 28.3. The first-order valence-electron chi connectivity index (χ1n) is 15.1. The van der Waals surface area contributed by atoms with Crippen LogP contribution in [-0.2, 0) is 0 Å². The molecule has 208 valence electrons. The standard InChI is InChI=1S/C41H30N2Si/c1-5-13-31(14-6-1)32-21-23-36(24-22-32)44(34-17-9-3-10-18-34,35-19-11-4-12-20-35)37-25-26-38-39-27-28-42-30-41(39)43(40(38)29-37)33-15-7-2-8-16-33/h1-30H. The quantitative estimate of drug-likeness (QED) is 0.150. The molecular weight excluding hydrogens is 549 g/mol. The molecule has 8 rings (SSSR count). The zero-order valence-corrected chi connectivity index (χ0v) is 25.2. The van der Waals surface area contributed by atoms with Gasteiger partial charge in [0.25, 0.3) is 0 Å². The van der Waals surface area contributed by atoms with Crippen molar-refractivity contribution >= 4 is 50.6 Å². The van der Waals surface area contributed by atoms with Crippen molar-refractivity contribution in [2.24, 2.45) is 0 Å². The van der Waals surface area contributed by atoms with Crippen LogP contribution in [0.25, 0.3) is 38.6 Å². The van der Waals surface area contributed by atoms with Crippen LogP contribution in [-0.4, -0.2) is 17.6 Å². The number of rotatable bonds is 6. The van der Waals surface area contributed by atoms with Crippen molar-refractivity contribution in [1.29, 1.82) is 0 Å². The molecule has 44 heavy (non-hydrogen) atoms. The van der Waals surface area contributed by atoms with Gasteiger partial charge in [-0.2, -0.15) is 0 Å². The van der Waals surface area contributed by atoms with Crippen molar-refractivity contribution in [2.45, 2.75) is 0 Å². The van der Waals surface area contributed by atoms with Gasteiger partial charge in [-0.3, -0.25) is 4.98 Å². The number of benzene rings is 6. The first-order chi connectivity index (χ1) is 21.8. The number of hydrogen-bond donors (Lipinski definition) is 0. The maximum Gasteiger partial charge on any atom is 0.179 e. The van der Waals surface area contributed by atoms with Gasteiger partial charge in [0.15, 0.2) is 8.07 Å². The van der Waals surface area contributed by atoms with Gasteiger partial charge in [-0.25, -0.2) is 0 Å². The minimum absolute atomic E-state index is 1.12. The van der Waals surface area contributed by atoms with E-state index in [4.69, 9.17) is 0 Å². The number of nitrogens with zero attached hydrogens (tertiary/aromatic N) is 2. The third-order valence-electron chi connectivity index (χ3n) is 8.86. The predicted octanol–water partition coefficient (Wildman–Crippen LogP) is 7.22. The van der Waals surface area contributed by atoms with Gasteiger partial charge < -0.3 is 4.57 Å². The Labute approximate surface area is 258 Å². The molecule has 0 saturated carbocycles. The molecule has 2 aromatic heterocycles. The molecule has 2 nitrogen and oxygen atoms in total. The van der Waals surface area contributed by atoms with Crippen LogP contribution in [0.2, 0.25) is 0 Å². The third-order valence-corrected chi connectivity index (χ3v) is 13.6. The molecule has 0 unspecified atom stereocenters. The van der Waals surface area contributed by atoms with Crippen molar-refractivity contribution < 1.29 is 0 Å². The zero-order valence-electron chi connectivity index (χ0n) is 24.2. The maximum absolute atomic E-state index is 4.53. The Morgan fingerprint density at radius 3 is 1.55 bits per heavy atom. The molecular formula is C41H30N2Si. The van der Waals surface area contributed by atoms with Gasteiger partial charge in [-0.05, 0) is 56.1 Å². The molecule has 0 aliphatic carbocycles. The van der Waals surface area contributed by atoms with Crippen molar-refractivity contribution in [3.63, 3.8) is 0 Å². The molecule has 0 spiro atoms. The first kappa shape index (κ1) is 26.1. The smallest absolute Gasteiger partial charge is 0.179 e. The lowest BCUT2D eigenvalue weighted by Crippen LogP contribution is -2.74. The number of para-hydroxylation sites is 1. The summed E-state index contributed by atoms with van der Waals surface area (Å²) in [7, 11) is -2.74. The Bertz CT molecular complexity index is 2150. The minimum Gasteiger partial charge on any atom is -0.308 e. The molecule has 0 amide bonds. The lowest BCUT2D eigenvalue weighted by molar-refractivity contribution is 1.17. The van der Waals surface area contributed by atoms with E-state index >= 15 is 0 Å². The molecule has 3 heteroatoms. The molecule has 2 heterocycles. The second-order valence-electron chi connectivity index (χ2n) is 11.2. The number of aromatic nitrogens is 2. The molecule has 0 fully saturated rings. The van der Waals surface area contributed by atoms with E-state index in [-0.39, 0.29) is 0 Å². The minimum atomic E-state index is -2.74. The van der Waals surface area contributed by atoms with Crippen LogP contribution in [0.5, 0.6) is 0 Å². The second kappa shape index (κ2) is 11.0. The van der Waals surface area contributed by atoms with E-state index in [1.54, 1.807) is 0 Å². The average molecular weight is 579 g/mol. The molecule has 0 N–H and O–H groups in total. The van der Waals surface area contributed by atoms with E-state index in [0.29, 0.717) is 0 Å². The van der Waals surface area contributed by atoms with Crippen LogP contribution in [0.4, 0.5) is 0 Å². The molecule has 0 aliphatic heterocycles. The van der Waals surface area contributed by atoms with Crippen molar-refractivity contribution in [1.82, 2.24) is 9.55 Å². The molecule has 0 atom stereocenters. The summed E-state index contributed by atoms with van der Waals surface area (Å²) in [5, 5.41) is 7.88. The largest absolute Gasteiger partial charge is 0.308 e.